The van der Waals surface area contributed by atoms with E-state index >= 15 is 0 Å². The molecule has 0 saturated heterocycles. The van der Waals surface area contributed by atoms with Crippen LogP contribution in [0.2, 0.25) is 0 Å². The molecule has 0 aliphatic heterocycles. The van der Waals surface area contributed by atoms with Crippen molar-refractivity contribution in [1.29, 1.82) is 0 Å². The maximum Gasteiger partial charge on any atom is 0.347 e. The van der Waals surface area contributed by atoms with Crippen LogP contribution in [0, 0.1) is 20.2 Å². The van der Waals surface area contributed by atoms with Crippen molar-refractivity contribution in [3.63, 3.8) is 0 Å². The summed E-state index contributed by atoms with van der Waals surface area (Å²) in [4.78, 5) is 33.5. The highest BCUT2D eigenvalue weighted by molar-refractivity contribution is 5.94. The number of carbonyl (C=O) groups excluding carboxylic acids is 1. The maximum absolute atomic E-state index is 12.7. The summed E-state index contributed by atoms with van der Waals surface area (Å²) in [5.41, 5.74) is 0.288. The Morgan fingerprint density at radius 3 is 2.35 bits per heavy atom. The van der Waals surface area contributed by atoms with Crippen LogP contribution in [-0.2, 0) is 0 Å². The lowest BCUT2D eigenvalue weighted by Gasteiger charge is -2.12. The van der Waals surface area contributed by atoms with Gasteiger partial charge in [0.05, 0.1) is 35.2 Å². The molecule has 0 saturated carbocycles. The van der Waals surface area contributed by atoms with E-state index in [0.717, 1.165) is 6.07 Å². The zero-order valence-corrected chi connectivity index (χ0v) is 18.3. The molecule has 10 heteroatoms. The Morgan fingerprint density at radius 2 is 1.68 bits per heavy atom. The van der Waals surface area contributed by atoms with Gasteiger partial charge in [0.1, 0.15) is 11.3 Å². The topological polar surface area (TPSA) is 131 Å². The Kier molecular flexibility index (Phi) is 7.55. The van der Waals surface area contributed by atoms with E-state index in [-0.39, 0.29) is 28.3 Å². The van der Waals surface area contributed by atoms with Gasteiger partial charge in [-0.1, -0.05) is 24.3 Å². The molecule has 0 amide bonds. The summed E-state index contributed by atoms with van der Waals surface area (Å²) in [6.07, 6.45) is 3.04. The number of carbonyl (C=O) groups is 1. The first kappa shape index (κ1) is 23.9. The van der Waals surface area contributed by atoms with Crippen molar-refractivity contribution in [2.24, 2.45) is 0 Å². The second-order valence-electron chi connectivity index (χ2n) is 6.82. The van der Waals surface area contributed by atoms with Gasteiger partial charge in [0.15, 0.2) is 11.5 Å². The van der Waals surface area contributed by atoms with E-state index in [1.54, 1.807) is 42.5 Å². The Bertz CT molecular complexity index is 1270. The molecule has 0 radical (unpaired) electrons. The molecule has 0 aliphatic carbocycles. The molecule has 0 aromatic heterocycles. The van der Waals surface area contributed by atoms with E-state index in [2.05, 4.69) is 0 Å². The van der Waals surface area contributed by atoms with E-state index in [4.69, 9.17) is 14.2 Å². The number of methoxy groups -OCH3 is 1. The lowest BCUT2D eigenvalue weighted by molar-refractivity contribution is -0.394. The number of hydrogen-bond acceptors (Lipinski definition) is 8. The monoisotopic (exact) mass is 464 g/mol. The first-order chi connectivity index (χ1) is 16.3. The molecule has 0 aliphatic rings. The van der Waals surface area contributed by atoms with Crippen LogP contribution in [0.5, 0.6) is 17.2 Å². The van der Waals surface area contributed by atoms with Gasteiger partial charge in [0.2, 0.25) is 0 Å². The summed E-state index contributed by atoms with van der Waals surface area (Å²) in [6.45, 7) is 2.20. The minimum atomic E-state index is -0.696. The maximum atomic E-state index is 12.7. The normalized spacial score (nSPS) is 10.6. The minimum absolute atomic E-state index is 0.178. The Morgan fingerprint density at radius 1 is 0.912 bits per heavy atom. The van der Waals surface area contributed by atoms with E-state index in [0.29, 0.717) is 17.9 Å². The van der Waals surface area contributed by atoms with Crippen molar-refractivity contribution in [3.8, 4) is 17.2 Å². The van der Waals surface area contributed by atoms with Gasteiger partial charge in [-0.3, -0.25) is 20.2 Å². The number of esters is 1. The number of para-hydroxylation sites is 1. The van der Waals surface area contributed by atoms with Crippen LogP contribution in [0.4, 0.5) is 11.4 Å². The Balaban J connectivity index is 1.85. The molecule has 3 aromatic carbocycles. The largest absolute Gasteiger partial charge is 0.493 e. The third kappa shape index (κ3) is 5.54. The van der Waals surface area contributed by atoms with Gasteiger partial charge >= 0.3 is 5.97 Å². The number of nitrogens with zero attached hydrogens (tertiary/aromatic N) is 2. The van der Waals surface area contributed by atoms with Crippen molar-refractivity contribution in [1.82, 2.24) is 0 Å². The van der Waals surface area contributed by atoms with Crippen molar-refractivity contribution in [2.45, 2.75) is 6.92 Å². The van der Waals surface area contributed by atoms with Crippen LogP contribution in [0.15, 0.2) is 60.7 Å². The van der Waals surface area contributed by atoms with E-state index in [9.17, 15) is 25.0 Å². The summed E-state index contributed by atoms with van der Waals surface area (Å²) < 4.78 is 16.3. The number of benzene rings is 3. The smallest absolute Gasteiger partial charge is 0.347 e. The lowest BCUT2D eigenvalue weighted by atomic mass is 10.1. The fraction of sp³-hybridized carbons (Fsp3) is 0.125. The quantitative estimate of drug-likeness (QED) is 0.137. The molecule has 0 heterocycles. The van der Waals surface area contributed by atoms with Crippen molar-refractivity contribution >= 4 is 29.5 Å². The predicted octanol–water partition coefficient (Wildman–Crippen LogP) is 5.30. The average Bonchev–Trinajstić information content (AvgIpc) is 2.83. The molecule has 0 N–H and O–H groups in total. The van der Waals surface area contributed by atoms with Crippen LogP contribution in [0.1, 0.15) is 28.4 Å². The van der Waals surface area contributed by atoms with Gasteiger partial charge in [-0.05, 0) is 48.9 Å². The van der Waals surface area contributed by atoms with Gasteiger partial charge in [-0.15, -0.1) is 0 Å². The second-order valence-corrected chi connectivity index (χ2v) is 6.82. The second kappa shape index (κ2) is 10.7. The van der Waals surface area contributed by atoms with E-state index in [1.165, 1.54) is 31.4 Å². The number of nitro benzene ring substituents is 2. The third-order valence-corrected chi connectivity index (χ3v) is 4.67. The van der Waals surface area contributed by atoms with Gasteiger partial charge < -0.3 is 14.2 Å². The fourth-order valence-electron chi connectivity index (χ4n) is 3.07. The van der Waals surface area contributed by atoms with Crippen molar-refractivity contribution in [2.75, 3.05) is 13.7 Å². The standard InChI is InChI=1S/C24H20N2O8/c1-3-33-21-7-5-4-6-19(21)24(27)34-22-13-9-16(14-23(22)32-2)8-10-17-11-12-18(25(28)29)15-20(17)26(30)31/h4-15H,3H2,1-2H3. The number of hydrogen-bond donors (Lipinski definition) is 0. The molecule has 3 aromatic rings. The number of nitro groups is 2. The summed E-state index contributed by atoms with van der Waals surface area (Å²) in [5, 5.41) is 22.2. The number of ether oxygens (including phenoxy) is 3. The molecule has 0 unspecified atom stereocenters. The SMILES string of the molecule is CCOc1ccccc1C(=O)Oc1ccc(C=Cc2ccc([N+](=O)[O-])cc2[N+](=O)[O-])cc1OC. The zero-order valence-electron chi connectivity index (χ0n) is 18.3. The van der Waals surface area contributed by atoms with Crippen LogP contribution in [0.25, 0.3) is 12.2 Å². The van der Waals surface area contributed by atoms with Crippen LogP contribution in [-0.4, -0.2) is 29.5 Å². The van der Waals surface area contributed by atoms with E-state index < -0.39 is 21.5 Å². The zero-order chi connectivity index (χ0) is 24.7. The summed E-state index contributed by atoms with van der Waals surface area (Å²) >= 11 is 0. The molecule has 34 heavy (non-hydrogen) atoms. The predicted molar refractivity (Wildman–Crippen MR) is 124 cm³/mol. The highest BCUT2D eigenvalue weighted by Gasteiger charge is 2.19. The van der Waals surface area contributed by atoms with E-state index in [1.807, 2.05) is 6.92 Å². The number of non-ortho nitro benzene ring substituents is 1. The molecule has 0 atom stereocenters. The molecule has 0 bridgehead atoms. The third-order valence-electron chi connectivity index (χ3n) is 4.67. The molecule has 0 fully saturated rings. The summed E-state index contributed by atoms with van der Waals surface area (Å²) in [5.74, 6) is 0.227. The Labute approximate surface area is 194 Å². The molecular formula is C24H20N2O8. The molecule has 10 nitrogen and oxygen atoms in total. The Hall–Kier alpha value is -4.73. The average molecular weight is 464 g/mol. The molecule has 0 spiro atoms. The number of rotatable bonds is 9. The lowest BCUT2D eigenvalue weighted by Crippen LogP contribution is -2.11. The highest BCUT2D eigenvalue weighted by Crippen LogP contribution is 2.31. The van der Waals surface area contributed by atoms with Gasteiger partial charge in [-0.25, -0.2) is 4.79 Å². The van der Waals surface area contributed by atoms with Crippen molar-refractivity contribution in [3.05, 3.63) is 97.6 Å². The summed E-state index contributed by atoms with van der Waals surface area (Å²) in [7, 11) is 1.41. The molecular weight excluding hydrogens is 444 g/mol. The van der Waals surface area contributed by atoms with Crippen molar-refractivity contribution < 1.29 is 28.9 Å². The first-order valence-electron chi connectivity index (χ1n) is 10.1. The fourth-order valence-corrected chi connectivity index (χ4v) is 3.07. The van der Waals surface area contributed by atoms with Crippen LogP contribution < -0.4 is 14.2 Å². The molecule has 3 rings (SSSR count). The van der Waals surface area contributed by atoms with Crippen LogP contribution >= 0.6 is 0 Å². The van der Waals surface area contributed by atoms with Crippen LogP contribution in [0.3, 0.4) is 0 Å². The first-order valence-corrected chi connectivity index (χ1v) is 10.1. The summed E-state index contributed by atoms with van der Waals surface area (Å²) in [6, 6.07) is 14.9. The minimum Gasteiger partial charge on any atom is -0.493 e. The highest BCUT2D eigenvalue weighted by atomic mass is 16.6. The molecule has 174 valence electrons. The van der Waals surface area contributed by atoms with Gasteiger partial charge in [0.25, 0.3) is 11.4 Å². The van der Waals surface area contributed by atoms with Gasteiger partial charge in [-0.2, -0.15) is 0 Å². The van der Waals surface area contributed by atoms with Gasteiger partial charge in [0, 0.05) is 6.07 Å².